The van der Waals surface area contributed by atoms with Crippen molar-refractivity contribution in [2.24, 2.45) is 5.92 Å². The maximum atomic E-state index is 12.8. The van der Waals surface area contributed by atoms with Gasteiger partial charge in [0.2, 0.25) is 0 Å². The smallest absolute Gasteiger partial charge is 0.327 e. The quantitative estimate of drug-likeness (QED) is 0.820. The predicted molar refractivity (Wildman–Crippen MR) is 81.2 cm³/mol. The molecule has 2 aliphatic rings. The van der Waals surface area contributed by atoms with Gasteiger partial charge in [0.15, 0.2) is 0 Å². The third-order valence-electron chi connectivity index (χ3n) is 4.45. The molecule has 2 aliphatic heterocycles. The Hall–Kier alpha value is -0.950. The number of hydrogen-bond donors (Lipinski definition) is 2. The first-order valence-corrected chi connectivity index (χ1v) is 8.60. The standard InChI is InChI=1S/C14H24N2O4S/c1-3-4-12-16(11(8-21-12)13(18)19)14(20)15-6-5-9(2)10(15)7-17/h9-12,17H,3-8H2,1-2H3,(H,18,19). The Morgan fingerprint density at radius 2 is 2.10 bits per heavy atom. The first kappa shape index (κ1) is 16.4. The van der Waals surface area contributed by atoms with Gasteiger partial charge in [0.1, 0.15) is 6.04 Å². The van der Waals surface area contributed by atoms with E-state index in [0.29, 0.717) is 12.3 Å². The molecule has 0 radical (unpaired) electrons. The average Bonchev–Trinajstić information content (AvgIpc) is 3.02. The number of aliphatic carboxylic acids is 1. The van der Waals surface area contributed by atoms with Gasteiger partial charge >= 0.3 is 12.0 Å². The van der Waals surface area contributed by atoms with E-state index in [4.69, 9.17) is 0 Å². The number of carbonyl (C=O) groups excluding carboxylic acids is 1. The van der Waals surface area contributed by atoms with Crippen LogP contribution in [0.5, 0.6) is 0 Å². The lowest BCUT2D eigenvalue weighted by molar-refractivity contribution is -0.141. The molecule has 2 saturated heterocycles. The average molecular weight is 316 g/mol. The Morgan fingerprint density at radius 1 is 1.38 bits per heavy atom. The first-order valence-electron chi connectivity index (χ1n) is 7.55. The van der Waals surface area contributed by atoms with Gasteiger partial charge in [-0.25, -0.2) is 9.59 Å². The van der Waals surface area contributed by atoms with Crippen molar-refractivity contribution >= 4 is 23.8 Å². The molecule has 4 atom stereocenters. The van der Waals surface area contributed by atoms with Crippen molar-refractivity contribution in [3.8, 4) is 0 Å². The summed E-state index contributed by atoms with van der Waals surface area (Å²) in [6.45, 7) is 4.58. The summed E-state index contributed by atoms with van der Waals surface area (Å²) < 4.78 is 0. The summed E-state index contributed by atoms with van der Waals surface area (Å²) in [5, 5.41) is 18.8. The molecule has 0 aliphatic carbocycles. The van der Waals surface area contributed by atoms with Crippen LogP contribution in [0.25, 0.3) is 0 Å². The van der Waals surface area contributed by atoms with Gasteiger partial charge in [0.25, 0.3) is 0 Å². The summed E-state index contributed by atoms with van der Waals surface area (Å²) in [4.78, 5) is 27.4. The number of aliphatic hydroxyl groups is 1. The number of carboxylic acid groups (broad SMARTS) is 1. The van der Waals surface area contributed by atoms with E-state index in [-0.39, 0.29) is 30.0 Å². The number of carboxylic acids is 1. The molecule has 4 unspecified atom stereocenters. The Kier molecular flexibility index (Phi) is 5.37. The number of carbonyl (C=O) groups is 2. The number of thioether (sulfide) groups is 1. The predicted octanol–water partition coefficient (Wildman–Crippen LogP) is 1.44. The SMILES string of the molecule is CCCC1SCC(C(=O)O)N1C(=O)N1CCC(C)C1CO. The number of aliphatic hydroxyl groups excluding tert-OH is 1. The lowest BCUT2D eigenvalue weighted by Gasteiger charge is -2.34. The molecule has 2 amide bonds. The molecule has 2 fully saturated rings. The molecule has 0 aromatic heterocycles. The van der Waals surface area contributed by atoms with Gasteiger partial charge in [0, 0.05) is 12.3 Å². The minimum Gasteiger partial charge on any atom is -0.480 e. The van der Waals surface area contributed by atoms with Gasteiger partial charge in [-0.2, -0.15) is 0 Å². The van der Waals surface area contributed by atoms with Crippen molar-refractivity contribution in [2.45, 2.75) is 50.6 Å². The van der Waals surface area contributed by atoms with Crippen molar-refractivity contribution in [3.05, 3.63) is 0 Å². The van der Waals surface area contributed by atoms with Crippen LogP contribution in [0.2, 0.25) is 0 Å². The van der Waals surface area contributed by atoms with Crippen LogP contribution < -0.4 is 0 Å². The second kappa shape index (κ2) is 6.87. The number of likely N-dealkylation sites (tertiary alicyclic amines) is 1. The fourth-order valence-electron chi connectivity index (χ4n) is 3.15. The molecule has 7 heteroatoms. The van der Waals surface area contributed by atoms with Crippen molar-refractivity contribution in [2.75, 3.05) is 18.9 Å². The zero-order valence-electron chi connectivity index (χ0n) is 12.6. The van der Waals surface area contributed by atoms with E-state index >= 15 is 0 Å². The minimum atomic E-state index is -0.942. The monoisotopic (exact) mass is 316 g/mol. The van der Waals surface area contributed by atoms with Crippen LogP contribution >= 0.6 is 11.8 Å². The minimum absolute atomic E-state index is 0.0654. The molecule has 0 bridgehead atoms. The van der Waals surface area contributed by atoms with Gasteiger partial charge < -0.3 is 15.1 Å². The van der Waals surface area contributed by atoms with E-state index < -0.39 is 12.0 Å². The molecular weight excluding hydrogens is 292 g/mol. The summed E-state index contributed by atoms with van der Waals surface area (Å²) in [5.41, 5.74) is 0. The van der Waals surface area contributed by atoms with Gasteiger partial charge in [-0.05, 0) is 18.8 Å². The fourth-order valence-corrected chi connectivity index (χ4v) is 4.66. The summed E-state index contributed by atoms with van der Waals surface area (Å²) in [7, 11) is 0. The van der Waals surface area contributed by atoms with Crippen molar-refractivity contribution in [3.63, 3.8) is 0 Å². The van der Waals surface area contributed by atoms with E-state index in [1.165, 1.54) is 4.90 Å². The molecule has 0 aromatic rings. The highest BCUT2D eigenvalue weighted by molar-refractivity contribution is 8.00. The van der Waals surface area contributed by atoms with Crippen molar-refractivity contribution in [1.29, 1.82) is 0 Å². The molecule has 2 N–H and O–H groups in total. The maximum Gasteiger partial charge on any atom is 0.327 e. The van der Waals surface area contributed by atoms with Crippen molar-refractivity contribution < 1.29 is 19.8 Å². The Bertz CT molecular complexity index is 406. The number of hydrogen-bond acceptors (Lipinski definition) is 4. The molecule has 2 rings (SSSR count). The number of rotatable bonds is 4. The van der Waals surface area contributed by atoms with Gasteiger partial charge in [-0.3, -0.25) is 4.90 Å². The number of urea groups is 1. The zero-order chi connectivity index (χ0) is 15.6. The van der Waals surface area contributed by atoms with Crippen LogP contribution in [-0.4, -0.2) is 68.4 Å². The second-order valence-electron chi connectivity index (χ2n) is 5.83. The topological polar surface area (TPSA) is 81.1 Å². The molecule has 2 heterocycles. The molecule has 6 nitrogen and oxygen atoms in total. The molecule has 0 spiro atoms. The highest BCUT2D eigenvalue weighted by Crippen LogP contribution is 2.35. The van der Waals surface area contributed by atoms with Gasteiger partial charge in [0.05, 0.1) is 18.0 Å². The number of amides is 2. The van der Waals surface area contributed by atoms with E-state index in [9.17, 15) is 19.8 Å². The largest absolute Gasteiger partial charge is 0.480 e. The zero-order valence-corrected chi connectivity index (χ0v) is 13.4. The maximum absolute atomic E-state index is 12.8. The third kappa shape index (κ3) is 3.13. The summed E-state index contributed by atoms with van der Waals surface area (Å²) in [6, 6.07) is -1.18. The van der Waals surface area contributed by atoms with Crippen LogP contribution in [0, 0.1) is 5.92 Å². The van der Waals surface area contributed by atoms with Gasteiger partial charge in [-0.1, -0.05) is 20.3 Å². The molecule has 0 saturated carbocycles. The van der Waals surface area contributed by atoms with E-state index in [2.05, 4.69) is 0 Å². The van der Waals surface area contributed by atoms with Crippen LogP contribution in [0.4, 0.5) is 4.79 Å². The van der Waals surface area contributed by atoms with Crippen LogP contribution in [0.15, 0.2) is 0 Å². The second-order valence-corrected chi connectivity index (χ2v) is 7.04. The highest BCUT2D eigenvalue weighted by Gasteiger charge is 2.45. The van der Waals surface area contributed by atoms with Crippen molar-refractivity contribution in [1.82, 2.24) is 9.80 Å². The first-order chi connectivity index (χ1) is 10.0. The molecular formula is C14H24N2O4S. The summed E-state index contributed by atoms with van der Waals surface area (Å²) >= 11 is 1.54. The fraction of sp³-hybridized carbons (Fsp3) is 0.857. The van der Waals surface area contributed by atoms with Crippen LogP contribution in [0.1, 0.15) is 33.1 Å². The number of nitrogens with zero attached hydrogens (tertiary/aromatic N) is 2. The normalized spacial score (nSPS) is 32.7. The summed E-state index contributed by atoms with van der Waals surface area (Å²) in [6.07, 6.45) is 2.56. The Labute approximate surface area is 129 Å². The Balaban J connectivity index is 2.18. The van der Waals surface area contributed by atoms with E-state index in [1.54, 1.807) is 16.7 Å². The Morgan fingerprint density at radius 3 is 2.67 bits per heavy atom. The molecule has 0 aromatic carbocycles. The van der Waals surface area contributed by atoms with Crippen LogP contribution in [-0.2, 0) is 4.79 Å². The summed E-state index contributed by atoms with van der Waals surface area (Å²) in [5.74, 6) is -0.247. The lowest BCUT2D eigenvalue weighted by atomic mass is 10.0. The van der Waals surface area contributed by atoms with E-state index in [0.717, 1.165) is 19.3 Å². The molecule has 21 heavy (non-hydrogen) atoms. The van der Waals surface area contributed by atoms with Crippen LogP contribution in [0.3, 0.4) is 0 Å². The van der Waals surface area contributed by atoms with Gasteiger partial charge in [-0.15, -0.1) is 11.8 Å². The highest BCUT2D eigenvalue weighted by atomic mass is 32.2. The van der Waals surface area contributed by atoms with E-state index in [1.807, 2.05) is 13.8 Å². The molecule has 120 valence electrons. The lowest BCUT2D eigenvalue weighted by Crippen LogP contribution is -2.53. The third-order valence-corrected chi connectivity index (χ3v) is 5.81.